The highest BCUT2D eigenvalue weighted by atomic mass is 19.2. The highest BCUT2D eigenvalue weighted by Crippen LogP contribution is 2.38. The first-order valence-corrected chi connectivity index (χ1v) is 12.7. The first kappa shape index (κ1) is 26.0. The third kappa shape index (κ3) is 6.37. The molecule has 190 valence electrons. The van der Waals surface area contributed by atoms with Gasteiger partial charge in [-0.25, -0.2) is 13.2 Å². The molecule has 0 radical (unpaired) electrons. The van der Waals surface area contributed by atoms with Gasteiger partial charge in [-0.05, 0) is 97.2 Å². The Morgan fingerprint density at radius 1 is 0.861 bits per heavy atom. The molecule has 1 aliphatic rings. The normalized spacial score (nSPS) is 18.3. The molecule has 4 rings (SSSR count). The smallest absolute Gasteiger partial charge is 0.200 e. The van der Waals surface area contributed by atoms with Gasteiger partial charge in [-0.3, -0.25) is 0 Å². The van der Waals surface area contributed by atoms with Gasteiger partial charge in [0.1, 0.15) is 12.5 Å². The number of benzene rings is 3. The molecule has 3 aromatic rings. The largest absolute Gasteiger partial charge is 0.491 e. The van der Waals surface area contributed by atoms with Crippen LogP contribution < -0.4 is 4.74 Å². The maximum Gasteiger partial charge on any atom is 0.200 e. The van der Waals surface area contributed by atoms with Gasteiger partial charge in [0.2, 0.25) is 5.82 Å². The van der Waals surface area contributed by atoms with E-state index in [1.807, 2.05) is 12.1 Å². The van der Waals surface area contributed by atoms with Gasteiger partial charge in [-0.15, -0.1) is 0 Å². The van der Waals surface area contributed by atoms with Crippen molar-refractivity contribution in [3.8, 4) is 16.9 Å². The summed E-state index contributed by atoms with van der Waals surface area (Å²) in [5.41, 5.74) is 4.49. The second-order valence-corrected chi connectivity index (χ2v) is 9.51. The maximum atomic E-state index is 14.4. The topological polar surface area (TPSA) is 9.23 Å². The van der Waals surface area contributed by atoms with Crippen molar-refractivity contribution in [3.05, 3.63) is 94.8 Å². The Morgan fingerprint density at radius 2 is 1.50 bits per heavy atom. The maximum absolute atomic E-state index is 14.4. The van der Waals surface area contributed by atoms with Crippen LogP contribution in [-0.4, -0.2) is 13.3 Å². The van der Waals surface area contributed by atoms with Crippen molar-refractivity contribution in [3.63, 3.8) is 0 Å². The number of hydrogen-bond donors (Lipinski definition) is 0. The molecule has 0 saturated heterocycles. The van der Waals surface area contributed by atoms with Crippen molar-refractivity contribution in [1.29, 1.82) is 0 Å². The Morgan fingerprint density at radius 3 is 2.11 bits per heavy atom. The van der Waals surface area contributed by atoms with Crippen LogP contribution in [0, 0.1) is 17.6 Å². The first-order chi connectivity index (χ1) is 17.5. The fraction of sp³-hybridized carbons (Fsp3) is 0.355. The Balaban J connectivity index is 1.29. The molecule has 0 spiro atoms. The third-order valence-corrected chi connectivity index (χ3v) is 7.17. The number of aryl methyl sites for hydroxylation is 1. The van der Waals surface area contributed by atoms with E-state index in [0.29, 0.717) is 36.0 Å². The number of alkyl halides is 1. The molecule has 1 aliphatic carbocycles. The molecule has 0 bridgehead atoms. The summed E-state index contributed by atoms with van der Waals surface area (Å²) in [4.78, 5) is 0. The van der Waals surface area contributed by atoms with Crippen molar-refractivity contribution in [2.75, 3.05) is 13.3 Å². The molecule has 3 aromatic carbocycles. The molecular formula is C31H32F4O. The summed E-state index contributed by atoms with van der Waals surface area (Å²) in [5.74, 6) is -1.45. The van der Waals surface area contributed by atoms with Crippen LogP contribution in [0.4, 0.5) is 17.6 Å². The molecule has 1 nitrogen and oxygen atoms in total. The lowest BCUT2D eigenvalue weighted by Gasteiger charge is -2.29. The SMILES string of the molecule is CCOc1ccc(CCC2CCC(c3ccc(-c4ccc(C=C(F)CF)cc4)cc3)CC2)c(F)c1F. The zero-order chi connectivity index (χ0) is 25.5. The van der Waals surface area contributed by atoms with E-state index in [-0.39, 0.29) is 5.75 Å². The average molecular weight is 497 g/mol. The van der Waals surface area contributed by atoms with Crippen molar-refractivity contribution >= 4 is 6.08 Å². The fourth-order valence-corrected chi connectivity index (χ4v) is 5.11. The quantitative estimate of drug-likeness (QED) is 0.268. The van der Waals surface area contributed by atoms with Crippen LogP contribution >= 0.6 is 0 Å². The van der Waals surface area contributed by atoms with Crippen LogP contribution in [0.3, 0.4) is 0 Å². The molecule has 0 aromatic heterocycles. The average Bonchev–Trinajstić information content (AvgIpc) is 2.92. The van der Waals surface area contributed by atoms with E-state index in [0.717, 1.165) is 43.2 Å². The summed E-state index contributed by atoms with van der Waals surface area (Å²) in [7, 11) is 0. The first-order valence-electron chi connectivity index (χ1n) is 12.7. The minimum Gasteiger partial charge on any atom is -0.491 e. The third-order valence-electron chi connectivity index (χ3n) is 7.17. The fourth-order valence-electron chi connectivity index (χ4n) is 5.11. The van der Waals surface area contributed by atoms with Crippen molar-refractivity contribution < 1.29 is 22.3 Å². The summed E-state index contributed by atoms with van der Waals surface area (Å²) >= 11 is 0. The van der Waals surface area contributed by atoms with Crippen LogP contribution in [-0.2, 0) is 6.42 Å². The van der Waals surface area contributed by atoms with Gasteiger partial charge >= 0.3 is 0 Å². The lowest BCUT2D eigenvalue weighted by atomic mass is 9.76. The lowest BCUT2D eigenvalue weighted by molar-refractivity contribution is 0.305. The molecule has 1 saturated carbocycles. The number of halogens is 4. The Bertz CT molecular complexity index is 1160. The van der Waals surface area contributed by atoms with E-state index >= 15 is 0 Å². The number of allylic oxidation sites excluding steroid dienone is 1. The molecule has 0 amide bonds. The molecular weight excluding hydrogens is 464 g/mol. The van der Waals surface area contributed by atoms with Gasteiger partial charge in [0.05, 0.1) is 6.61 Å². The molecule has 36 heavy (non-hydrogen) atoms. The summed E-state index contributed by atoms with van der Waals surface area (Å²) in [6, 6.07) is 19.1. The predicted molar refractivity (Wildman–Crippen MR) is 137 cm³/mol. The Kier molecular flexibility index (Phi) is 8.84. The summed E-state index contributed by atoms with van der Waals surface area (Å²) in [6.45, 7) is 0.958. The van der Waals surface area contributed by atoms with Crippen LogP contribution in [0.25, 0.3) is 17.2 Å². The number of rotatable bonds is 9. The van der Waals surface area contributed by atoms with Crippen LogP contribution in [0.15, 0.2) is 66.5 Å². The van der Waals surface area contributed by atoms with Crippen molar-refractivity contribution in [2.24, 2.45) is 5.92 Å². The molecule has 5 heteroatoms. The van der Waals surface area contributed by atoms with Gasteiger partial charge in [0.15, 0.2) is 11.6 Å². The van der Waals surface area contributed by atoms with Crippen LogP contribution in [0.5, 0.6) is 5.75 Å². The van der Waals surface area contributed by atoms with E-state index in [9.17, 15) is 17.6 Å². The van der Waals surface area contributed by atoms with Gasteiger partial charge in [0, 0.05) is 0 Å². The monoisotopic (exact) mass is 496 g/mol. The zero-order valence-electron chi connectivity index (χ0n) is 20.6. The minimum atomic E-state index is -1.09. The van der Waals surface area contributed by atoms with E-state index < -0.39 is 24.1 Å². The van der Waals surface area contributed by atoms with Gasteiger partial charge in [-0.2, -0.15) is 4.39 Å². The van der Waals surface area contributed by atoms with E-state index in [4.69, 9.17) is 4.74 Å². The van der Waals surface area contributed by atoms with Crippen LogP contribution in [0.2, 0.25) is 0 Å². The number of ether oxygens (including phenoxy) is 1. The molecule has 1 fully saturated rings. The minimum absolute atomic E-state index is 0.0246. The molecule has 0 heterocycles. The highest BCUT2D eigenvalue weighted by molar-refractivity contribution is 5.66. The predicted octanol–water partition coefficient (Wildman–Crippen LogP) is 9.22. The summed E-state index contributed by atoms with van der Waals surface area (Å²) < 4.78 is 59.1. The van der Waals surface area contributed by atoms with Gasteiger partial charge in [0.25, 0.3) is 0 Å². The van der Waals surface area contributed by atoms with E-state index in [1.165, 1.54) is 17.7 Å². The lowest BCUT2D eigenvalue weighted by Crippen LogP contribution is -2.14. The van der Waals surface area contributed by atoms with Crippen molar-refractivity contribution in [2.45, 2.75) is 51.4 Å². The van der Waals surface area contributed by atoms with Crippen LogP contribution in [0.1, 0.15) is 61.6 Å². The highest BCUT2D eigenvalue weighted by Gasteiger charge is 2.23. The van der Waals surface area contributed by atoms with Gasteiger partial charge < -0.3 is 4.74 Å². The second kappa shape index (κ2) is 12.2. The van der Waals surface area contributed by atoms with Gasteiger partial charge in [-0.1, -0.05) is 54.6 Å². The second-order valence-electron chi connectivity index (χ2n) is 9.51. The Labute approximate surface area is 210 Å². The Hall–Kier alpha value is -3.08. The molecule has 0 aliphatic heterocycles. The zero-order valence-corrected chi connectivity index (χ0v) is 20.6. The van der Waals surface area contributed by atoms with Crippen molar-refractivity contribution in [1.82, 2.24) is 0 Å². The number of hydrogen-bond acceptors (Lipinski definition) is 1. The van der Waals surface area contributed by atoms with E-state index in [1.54, 1.807) is 25.1 Å². The van der Waals surface area contributed by atoms with E-state index in [2.05, 4.69) is 24.3 Å². The molecule has 0 atom stereocenters. The summed E-state index contributed by atoms with van der Waals surface area (Å²) in [5, 5.41) is 0. The summed E-state index contributed by atoms with van der Waals surface area (Å²) in [6.07, 6.45) is 6.94. The standard InChI is InChI=1S/C31H32F4O/c1-2-36-29-18-17-27(30(34)31(29)35)12-5-21-3-8-23(9-4-21)25-13-15-26(16-14-25)24-10-6-22(7-11-24)19-28(33)20-32/h6-7,10-11,13-19,21,23H,2-5,8-9,12,20H2,1H3. The molecule has 0 unspecified atom stereocenters. The molecule has 0 N–H and O–H groups in total.